The Balaban J connectivity index is 1.77. The van der Waals surface area contributed by atoms with Gasteiger partial charge in [-0.3, -0.25) is 14.7 Å². The number of nitrogens with one attached hydrogen (secondary N) is 2. The number of rotatable bonds is 3. The molecule has 126 valence electrons. The number of aromatic nitrogens is 2. The molecule has 1 saturated heterocycles. The van der Waals surface area contributed by atoms with E-state index in [9.17, 15) is 9.59 Å². The van der Waals surface area contributed by atoms with Crippen molar-refractivity contribution in [3.05, 3.63) is 46.2 Å². The third kappa shape index (κ3) is 3.55. The van der Waals surface area contributed by atoms with E-state index < -0.39 is 6.04 Å². The summed E-state index contributed by atoms with van der Waals surface area (Å²) in [4.78, 5) is 26.8. The van der Waals surface area contributed by atoms with Crippen molar-refractivity contribution in [3.63, 3.8) is 0 Å². The van der Waals surface area contributed by atoms with Gasteiger partial charge in [0.2, 0.25) is 5.91 Å². The molecule has 3 rings (SSSR count). The van der Waals surface area contributed by atoms with Crippen molar-refractivity contribution < 1.29 is 9.59 Å². The first-order valence-corrected chi connectivity index (χ1v) is 8.37. The fourth-order valence-electron chi connectivity index (χ4n) is 2.79. The monoisotopic (exact) mass is 366 g/mol. The minimum Gasteiger partial charge on any atom is -0.327 e. The molecule has 0 spiro atoms. The molecule has 2 aromatic rings. The molecule has 8 heteroatoms. The molecular formula is C16H16Cl2N4O2. The maximum Gasteiger partial charge on any atom is 0.257 e. The molecule has 0 saturated carbocycles. The molecule has 1 aliphatic heterocycles. The summed E-state index contributed by atoms with van der Waals surface area (Å²) in [5.74, 6) is -0.457. The summed E-state index contributed by atoms with van der Waals surface area (Å²) in [5, 5.41) is 10.1. The molecule has 6 nitrogen and oxygen atoms in total. The van der Waals surface area contributed by atoms with Crippen LogP contribution in [0.5, 0.6) is 0 Å². The Bertz CT molecular complexity index is 749. The molecule has 24 heavy (non-hydrogen) atoms. The zero-order chi connectivity index (χ0) is 17.1. The molecule has 0 bridgehead atoms. The van der Waals surface area contributed by atoms with Gasteiger partial charge in [-0.2, -0.15) is 5.10 Å². The number of nitrogens with zero attached hydrogens (tertiary/aromatic N) is 2. The molecule has 0 radical (unpaired) electrons. The number of carbonyl (C=O) groups is 2. The number of piperidine rings is 1. The largest absolute Gasteiger partial charge is 0.327 e. The summed E-state index contributed by atoms with van der Waals surface area (Å²) in [6.07, 6.45) is 5.36. The molecule has 2 N–H and O–H groups in total. The van der Waals surface area contributed by atoms with Crippen molar-refractivity contribution in [2.45, 2.75) is 25.3 Å². The topological polar surface area (TPSA) is 78.1 Å². The van der Waals surface area contributed by atoms with Crippen LogP contribution in [-0.2, 0) is 4.79 Å². The van der Waals surface area contributed by atoms with Crippen molar-refractivity contribution >= 4 is 40.7 Å². The van der Waals surface area contributed by atoms with E-state index in [2.05, 4.69) is 15.5 Å². The Morgan fingerprint density at radius 1 is 1.29 bits per heavy atom. The maximum atomic E-state index is 12.7. The second-order valence-corrected chi connectivity index (χ2v) is 6.45. The predicted molar refractivity (Wildman–Crippen MR) is 92.4 cm³/mol. The molecule has 1 fully saturated rings. The predicted octanol–water partition coefficient (Wildman–Crippen LogP) is 3.35. The maximum absolute atomic E-state index is 12.7. The van der Waals surface area contributed by atoms with Gasteiger partial charge in [0, 0.05) is 17.8 Å². The van der Waals surface area contributed by atoms with Gasteiger partial charge in [0.05, 0.1) is 22.5 Å². The van der Waals surface area contributed by atoms with Crippen LogP contribution < -0.4 is 5.32 Å². The van der Waals surface area contributed by atoms with Gasteiger partial charge in [-0.05, 0) is 37.5 Å². The number of likely N-dealkylation sites (tertiary alicyclic amines) is 1. The fraction of sp³-hybridized carbons (Fsp3) is 0.312. The van der Waals surface area contributed by atoms with Gasteiger partial charge in [-0.25, -0.2) is 0 Å². The lowest BCUT2D eigenvalue weighted by Gasteiger charge is -2.34. The van der Waals surface area contributed by atoms with Gasteiger partial charge in [-0.15, -0.1) is 0 Å². The van der Waals surface area contributed by atoms with Crippen LogP contribution in [0.3, 0.4) is 0 Å². The minimum absolute atomic E-state index is 0.203. The third-order valence-corrected chi connectivity index (χ3v) is 4.55. The van der Waals surface area contributed by atoms with Crippen LogP contribution in [0.4, 0.5) is 5.69 Å². The zero-order valence-electron chi connectivity index (χ0n) is 12.8. The highest BCUT2D eigenvalue weighted by Crippen LogP contribution is 2.27. The lowest BCUT2D eigenvalue weighted by Crippen LogP contribution is -2.50. The third-order valence-electron chi connectivity index (χ3n) is 4.00. The SMILES string of the molecule is O=C(Nc1ccc(Cl)cc1Cl)[C@H]1CCCCN1C(=O)c1cn[nH]c1. The van der Waals surface area contributed by atoms with Crippen molar-refractivity contribution in [2.75, 3.05) is 11.9 Å². The number of aromatic amines is 1. The lowest BCUT2D eigenvalue weighted by molar-refractivity contribution is -0.121. The molecule has 1 aliphatic rings. The van der Waals surface area contributed by atoms with E-state index >= 15 is 0 Å². The number of hydrogen-bond donors (Lipinski definition) is 2. The van der Waals surface area contributed by atoms with Crippen LogP contribution in [0.25, 0.3) is 0 Å². The van der Waals surface area contributed by atoms with Gasteiger partial charge >= 0.3 is 0 Å². The molecule has 1 aromatic carbocycles. The van der Waals surface area contributed by atoms with E-state index in [1.54, 1.807) is 23.1 Å². The zero-order valence-corrected chi connectivity index (χ0v) is 14.3. The van der Waals surface area contributed by atoms with Gasteiger partial charge in [0.1, 0.15) is 6.04 Å². The minimum atomic E-state index is -0.534. The average molecular weight is 367 g/mol. The van der Waals surface area contributed by atoms with E-state index in [-0.39, 0.29) is 11.8 Å². The van der Waals surface area contributed by atoms with Gasteiger partial charge in [-0.1, -0.05) is 23.2 Å². The van der Waals surface area contributed by atoms with Gasteiger partial charge in [0.15, 0.2) is 0 Å². The summed E-state index contributed by atoms with van der Waals surface area (Å²) >= 11 is 12.0. The van der Waals surface area contributed by atoms with Crippen molar-refractivity contribution in [3.8, 4) is 0 Å². The number of hydrogen-bond acceptors (Lipinski definition) is 3. The molecular weight excluding hydrogens is 351 g/mol. The van der Waals surface area contributed by atoms with Crippen LogP contribution in [0.2, 0.25) is 10.0 Å². The molecule has 2 amide bonds. The highest BCUT2D eigenvalue weighted by molar-refractivity contribution is 6.36. The Morgan fingerprint density at radius 2 is 2.12 bits per heavy atom. The van der Waals surface area contributed by atoms with Crippen molar-refractivity contribution in [2.24, 2.45) is 0 Å². The Kier molecular flexibility index (Phi) is 5.06. The molecule has 2 heterocycles. The smallest absolute Gasteiger partial charge is 0.257 e. The fourth-order valence-corrected chi connectivity index (χ4v) is 3.24. The van der Waals surface area contributed by atoms with E-state index in [0.717, 1.165) is 12.8 Å². The van der Waals surface area contributed by atoms with Crippen LogP contribution in [0, 0.1) is 0 Å². The van der Waals surface area contributed by atoms with E-state index in [0.29, 0.717) is 34.3 Å². The summed E-state index contributed by atoms with van der Waals surface area (Å²) in [6, 6.07) is 4.33. The number of H-pyrrole nitrogens is 1. The second kappa shape index (κ2) is 7.23. The van der Waals surface area contributed by atoms with Crippen LogP contribution >= 0.6 is 23.2 Å². The summed E-state index contributed by atoms with van der Waals surface area (Å²) in [6.45, 7) is 0.538. The van der Waals surface area contributed by atoms with Crippen LogP contribution in [0.1, 0.15) is 29.6 Å². The van der Waals surface area contributed by atoms with Gasteiger partial charge < -0.3 is 10.2 Å². The first kappa shape index (κ1) is 16.8. The number of carbonyl (C=O) groups excluding carboxylic acids is 2. The summed E-state index contributed by atoms with van der Waals surface area (Å²) < 4.78 is 0. The quantitative estimate of drug-likeness (QED) is 0.873. The van der Waals surface area contributed by atoms with Crippen molar-refractivity contribution in [1.82, 2.24) is 15.1 Å². The van der Waals surface area contributed by atoms with E-state index in [1.165, 1.54) is 12.4 Å². The molecule has 1 atom stereocenters. The number of benzene rings is 1. The first-order valence-electron chi connectivity index (χ1n) is 7.62. The molecule has 1 aromatic heterocycles. The summed E-state index contributed by atoms with van der Waals surface area (Å²) in [5.41, 5.74) is 0.923. The number of anilines is 1. The Morgan fingerprint density at radius 3 is 2.83 bits per heavy atom. The highest BCUT2D eigenvalue weighted by atomic mass is 35.5. The Labute approximate surface area is 149 Å². The lowest BCUT2D eigenvalue weighted by atomic mass is 10.0. The number of halogens is 2. The average Bonchev–Trinajstić information content (AvgIpc) is 3.11. The molecule has 0 unspecified atom stereocenters. The van der Waals surface area contributed by atoms with E-state index in [1.807, 2.05) is 0 Å². The normalized spacial score (nSPS) is 17.6. The summed E-state index contributed by atoms with van der Waals surface area (Å²) in [7, 11) is 0. The number of amides is 2. The molecule has 0 aliphatic carbocycles. The van der Waals surface area contributed by atoms with Gasteiger partial charge in [0.25, 0.3) is 5.91 Å². The first-order chi connectivity index (χ1) is 11.6. The van der Waals surface area contributed by atoms with E-state index in [4.69, 9.17) is 23.2 Å². The Hall–Kier alpha value is -2.05. The van der Waals surface area contributed by atoms with Crippen LogP contribution in [-0.4, -0.2) is 39.5 Å². The second-order valence-electron chi connectivity index (χ2n) is 5.61. The van der Waals surface area contributed by atoms with Crippen LogP contribution in [0.15, 0.2) is 30.6 Å². The van der Waals surface area contributed by atoms with Crippen molar-refractivity contribution in [1.29, 1.82) is 0 Å². The standard InChI is InChI=1S/C16H16Cl2N4O2/c17-11-4-5-13(12(18)7-11)21-15(23)14-3-1-2-6-22(14)16(24)10-8-19-20-9-10/h4-5,7-9,14H,1-3,6H2,(H,19,20)(H,21,23)/t14-/m1/s1. The highest BCUT2D eigenvalue weighted by Gasteiger charge is 2.33.